The number of ether oxygens (including phenoxy) is 1. The summed E-state index contributed by atoms with van der Waals surface area (Å²) in [5.41, 5.74) is 12.8. The zero-order valence-corrected chi connectivity index (χ0v) is 12.1. The number of benzene rings is 1. The maximum absolute atomic E-state index is 6.15. The van der Waals surface area contributed by atoms with Gasteiger partial charge in [-0.25, -0.2) is 4.99 Å². The minimum atomic E-state index is -0.563. The molecular formula is C14H20N6O. The monoisotopic (exact) mass is 288 g/mol. The topological polar surface area (TPSA) is 92.5 Å². The summed E-state index contributed by atoms with van der Waals surface area (Å²) in [6.07, 6.45) is 1.75. The van der Waals surface area contributed by atoms with E-state index in [0.717, 1.165) is 43.3 Å². The minimum absolute atomic E-state index is 0.231. The quantitative estimate of drug-likeness (QED) is 0.828. The van der Waals surface area contributed by atoms with Crippen molar-refractivity contribution >= 4 is 17.6 Å². The summed E-state index contributed by atoms with van der Waals surface area (Å²) < 4.78 is 5.19. The molecular weight excluding hydrogens is 268 g/mol. The molecule has 7 heteroatoms. The SMILES string of the molecule is COc1ccc(N2C(N3CCCC3)=NC(N)=NC2N)cc1. The van der Waals surface area contributed by atoms with E-state index in [-0.39, 0.29) is 5.96 Å². The molecule has 0 aromatic heterocycles. The van der Waals surface area contributed by atoms with E-state index in [9.17, 15) is 0 Å². The largest absolute Gasteiger partial charge is 0.497 e. The van der Waals surface area contributed by atoms with Gasteiger partial charge >= 0.3 is 0 Å². The standard InChI is InChI=1S/C14H20N6O/c1-21-11-6-4-10(5-7-11)20-13(16)17-12(15)18-14(20)19-8-2-3-9-19/h4-7,13H,2-3,8-9,16H2,1H3,(H2,15,17). The Bertz CT molecular complexity index is 561. The summed E-state index contributed by atoms with van der Waals surface area (Å²) in [7, 11) is 1.64. The Labute approximate surface area is 123 Å². The molecule has 1 aromatic rings. The maximum Gasteiger partial charge on any atom is 0.221 e. The number of hydrogen-bond donors (Lipinski definition) is 2. The van der Waals surface area contributed by atoms with E-state index in [0.29, 0.717) is 0 Å². The Morgan fingerprint density at radius 2 is 1.86 bits per heavy atom. The van der Waals surface area contributed by atoms with Crippen LogP contribution >= 0.6 is 0 Å². The van der Waals surface area contributed by atoms with E-state index in [4.69, 9.17) is 16.2 Å². The second-order valence-electron chi connectivity index (χ2n) is 5.07. The number of guanidine groups is 2. The van der Waals surface area contributed by atoms with Gasteiger partial charge in [-0.15, -0.1) is 0 Å². The molecule has 0 spiro atoms. The Hall–Kier alpha value is -2.28. The van der Waals surface area contributed by atoms with Crippen LogP contribution in [0.2, 0.25) is 0 Å². The third kappa shape index (κ3) is 2.64. The molecule has 1 saturated heterocycles. The van der Waals surface area contributed by atoms with Crippen LogP contribution in [0, 0.1) is 0 Å². The average Bonchev–Trinajstić information content (AvgIpc) is 3.01. The first-order valence-electron chi connectivity index (χ1n) is 7.05. The highest BCUT2D eigenvalue weighted by Crippen LogP contribution is 2.24. The highest BCUT2D eigenvalue weighted by molar-refractivity contribution is 6.05. The second kappa shape index (κ2) is 5.61. The van der Waals surface area contributed by atoms with Gasteiger partial charge in [-0.2, -0.15) is 4.99 Å². The fraction of sp³-hybridized carbons (Fsp3) is 0.429. The molecule has 3 rings (SSSR count). The van der Waals surface area contributed by atoms with Crippen LogP contribution in [-0.2, 0) is 0 Å². The van der Waals surface area contributed by atoms with Crippen molar-refractivity contribution in [2.45, 2.75) is 19.1 Å². The molecule has 0 radical (unpaired) electrons. The summed E-state index contributed by atoms with van der Waals surface area (Å²) in [5, 5.41) is 0. The third-order valence-electron chi connectivity index (χ3n) is 3.70. The molecule has 0 saturated carbocycles. The van der Waals surface area contributed by atoms with Gasteiger partial charge in [0.1, 0.15) is 5.75 Å². The molecule has 0 amide bonds. The van der Waals surface area contributed by atoms with Gasteiger partial charge in [-0.1, -0.05) is 0 Å². The zero-order chi connectivity index (χ0) is 14.8. The number of methoxy groups -OCH3 is 1. The molecule has 1 atom stereocenters. The number of anilines is 1. The highest BCUT2D eigenvalue weighted by Gasteiger charge is 2.30. The van der Waals surface area contributed by atoms with Gasteiger partial charge < -0.3 is 15.4 Å². The molecule has 7 nitrogen and oxygen atoms in total. The summed E-state index contributed by atoms with van der Waals surface area (Å²) in [6.45, 7) is 1.93. The normalized spacial score (nSPS) is 22.1. The van der Waals surface area contributed by atoms with Crippen LogP contribution in [0.5, 0.6) is 5.75 Å². The fourth-order valence-electron chi connectivity index (χ4n) is 2.65. The molecule has 2 aliphatic heterocycles. The van der Waals surface area contributed by atoms with Gasteiger partial charge in [0.25, 0.3) is 0 Å². The predicted octanol–water partition coefficient (Wildman–Crippen LogP) is 0.524. The Morgan fingerprint density at radius 1 is 1.19 bits per heavy atom. The van der Waals surface area contributed by atoms with Gasteiger partial charge in [-0.3, -0.25) is 10.6 Å². The number of likely N-dealkylation sites (tertiary alicyclic amines) is 1. The molecule has 1 unspecified atom stereocenters. The molecule has 1 aromatic carbocycles. The van der Waals surface area contributed by atoms with E-state index < -0.39 is 6.29 Å². The van der Waals surface area contributed by atoms with Crippen molar-refractivity contribution in [1.82, 2.24) is 4.90 Å². The third-order valence-corrected chi connectivity index (χ3v) is 3.70. The molecule has 2 aliphatic rings. The summed E-state index contributed by atoms with van der Waals surface area (Å²) in [4.78, 5) is 12.7. The van der Waals surface area contributed by atoms with Gasteiger partial charge in [0.05, 0.1) is 7.11 Å². The number of rotatable bonds is 2. The van der Waals surface area contributed by atoms with Crippen molar-refractivity contribution in [2.24, 2.45) is 21.5 Å². The molecule has 112 valence electrons. The van der Waals surface area contributed by atoms with Crippen LogP contribution in [0.3, 0.4) is 0 Å². The first kappa shape index (κ1) is 13.7. The van der Waals surface area contributed by atoms with Crippen molar-refractivity contribution in [1.29, 1.82) is 0 Å². The van der Waals surface area contributed by atoms with Crippen LogP contribution < -0.4 is 21.1 Å². The van der Waals surface area contributed by atoms with Crippen molar-refractivity contribution in [3.8, 4) is 5.75 Å². The summed E-state index contributed by atoms with van der Waals surface area (Å²) >= 11 is 0. The number of hydrogen-bond acceptors (Lipinski definition) is 7. The first-order chi connectivity index (χ1) is 10.2. The molecule has 0 aliphatic carbocycles. The molecule has 21 heavy (non-hydrogen) atoms. The van der Waals surface area contributed by atoms with Gasteiger partial charge in [-0.05, 0) is 37.1 Å². The smallest absolute Gasteiger partial charge is 0.221 e. The Kier molecular flexibility index (Phi) is 3.66. The molecule has 4 N–H and O–H groups in total. The van der Waals surface area contributed by atoms with E-state index in [1.807, 2.05) is 29.2 Å². The van der Waals surface area contributed by atoms with Gasteiger partial charge in [0.15, 0.2) is 6.29 Å². The summed E-state index contributed by atoms with van der Waals surface area (Å²) in [5.74, 6) is 1.80. The lowest BCUT2D eigenvalue weighted by Crippen LogP contribution is -2.55. The van der Waals surface area contributed by atoms with Gasteiger partial charge in [0, 0.05) is 18.8 Å². The lowest BCUT2D eigenvalue weighted by Gasteiger charge is -2.36. The lowest BCUT2D eigenvalue weighted by molar-refractivity contribution is 0.414. The van der Waals surface area contributed by atoms with Crippen LogP contribution in [0.15, 0.2) is 34.3 Å². The van der Waals surface area contributed by atoms with Crippen molar-refractivity contribution in [3.05, 3.63) is 24.3 Å². The Balaban J connectivity index is 1.94. The minimum Gasteiger partial charge on any atom is -0.497 e. The number of nitrogens with two attached hydrogens (primary N) is 2. The average molecular weight is 288 g/mol. The molecule has 0 bridgehead atoms. The Morgan fingerprint density at radius 3 is 2.48 bits per heavy atom. The van der Waals surface area contributed by atoms with Crippen LogP contribution in [0.4, 0.5) is 5.69 Å². The van der Waals surface area contributed by atoms with E-state index >= 15 is 0 Å². The highest BCUT2D eigenvalue weighted by atomic mass is 16.5. The van der Waals surface area contributed by atoms with Gasteiger partial charge in [0.2, 0.25) is 11.9 Å². The van der Waals surface area contributed by atoms with Crippen LogP contribution in [0.1, 0.15) is 12.8 Å². The maximum atomic E-state index is 6.15. The van der Waals surface area contributed by atoms with E-state index in [1.54, 1.807) is 7.11 Å². The second-order valence-corrected chi connectivity index (χ2v) is 5.07. The lowest BCUT2D eigenvalue weighted by atomic mass is 10.2. The number of nitrogens with zero attached hydrogens (tertiary/aromatic N) is 4. The van der Waals surface area contributed by atoms with Crippen LogP contribution in [0.25, 0.3) is 0 Å². The zero-order valence-electron chi connectivity index (χ0n) is 12.1. The first-order valence-corrected chi connectivity index (χ1v) is 7.05. The van der Waals surface area contributed by atoms with Crippen molar-refractivity contribution in [2.75, 3.05) is 25.1 Å². The van der Waals surface area contributed by atoms with Crippen LogP contribution in [-0.4, -0.2) is 43.3 Å². The molecule has 1 fully saturated rings. The number of aliphatic imine (C=N–C) groups is 2. The molecule has 2 heterocycles. The predicted molar refractivity (Wildman–Crippen MR) is 83.3 cm³/mol. The fourth-order valence-corrected chi connectivity index (χ4v) is 2.65. The van der Waals surface area contributed by atoms with Crippen molar-refractivity contribution in [3.63, 3.8) is 0 Å². The van der Waals surface area contributed by atoms with E-state index in [2.05, 4.69) is 14.9 Å². The van der Waals surface area contributed by atoms with E-state index in [1.165, 1.54) is 0 Å². The van der Waals surface area contributed by atoms with Crippen molar-refractivity contribution < 1.29 is 4.74 Å². The summed E-state index contributed by atoms with van der Waals surface area (Å²) in [6, 6.07) is 7.68.